The Hall–Kier alpha value is -1.20. The third-order valence-corrected chi connectivity index (χ3v) is 3.77. The minimum Gasteiger partial charge on any atom is -0.394 e. The lowest BCUT2D eigenvalue weighted by Crippen LogP contribution is -2.01. The lowest BCUT2D eigenvalue weighted by molar-refractivity contribution is 0.718. The van der Waals surface area contributed by atoms with E-state index in [0.717, 1.165) is 21.7 Å². The number of nitrogens with zero attached hydrogens (tertiary/aromatic N) is 2. The van der Waals surface area contributed by atoms with E-state index in [1.165, 1.54) is 0 Å². The Labute approximate surface area is 126 Å². The standard InChI is InChI=1S/C13H16BrClN4/c1-7(2)12-11(16)13(19(3)18-12)17-10-6-8(15)4-5-9(10)14/h4-7,17H,16H2,1-3H3. The molecule has 0 aliphatic rings. The maximum atomic E-state index is 6.15. The fourth-order valence-electron chi connectivity index (χ4n) is 1.86. The third-order valence-electron chi connectivity index (χ3n) is 2.84. The molecule has 0 fully saturated rings. The van der Waals surface area contributed by atoms with Crippen LogP contribution in [0.5, 0.6) is 0 Å². The van der Waals surface area contributed by atoms with Crippen molar-refractivity contribution in [3.05, 3.63) is 33.4 Å². The number of nitrogens with one attached hydrogen (secondary N) is 1. The van der Waals surface area contributed by atoms with Crippen LogP contribution in [0, 0.1) is 0 Å². The zero-order valence-electron chi connectivity index (χ0n) is 11.0. The van der Waals surface area contributed by atoms with Gasteiger partial charge in [-0.05, 0) is 40.0 Å². The molecule has 1 aromatic heterocycles. The first kappa shape index (κ1) is 14.2. The molecule has 0 saturated heterocycles. The van der Waals surface area contributed by atoms with Gasteiger partial charge < -0.3 is 11.1 Å². The summed E-state index contributed by atoms with van der Waals surface area (Å²) in [7, 11) is 1.86. The van der Waals surface area contributed by atoms with E-state index < -0.39 is 0 Å². The van der Waals surface area contributed by atoms with Crippen LogP contribution in [0.1, 0.15) is 25.5 Å². The minimum atomic E-state index is 0.282. The Balaban J connectivity index is 2.41. The maximum Gasteiger partial charge on any atom is 0.152 e. The molecule has 1 heterocycles. The summed E-state index contributed by atoms with van der Waals surface area (Å²) in [6.07, 6.45) is 0. The number of hydrogen-bond donors (Lipinski definition) is 2. The highest BCUT2D eigenvalue weighted by molar-refractivity contribution is 9.10. The molecule has 4 nitrogen and oxygen atoms in total. The third kappa shape index (κ3) is 2.87. The predicted molar refractivity (Wildman–Crippen MR) is 84.1 cm³/mol. The zero-order chi connectivity index (χ0) is 14.2. The number of hydrogen-bond acceptors (Lipinski definition) is 3. The lowest BCUT2D eigenvalue weighted by atomic mass is 10.1. The van der Waals surface area contributed by atoms with Crippen LogP contribution >= 0.6 is 27.5 Å². The van der Waals surface area contributed by atoms with Crippen LogP contribution in [0.25, 0.3) is 0 Å². The summed E-state index contributed by atoms with van der Waals surface area (Å²) in [5, 5.41) is 8.37. The van der Waals surface area contributed by atoms with Crippen LogP contribution in [0.3, 0.4) is 0 Å². The second-order valence-electron chi connectivity index (χ2n) is 4.67. The van der Waals surface area contributed by atoms with Crippen molar-refractivity contribution in [2.75, 3.05) is 11.1 Å². The Morgan fingerprint density at radius 3 is 2.68 bits per heavy atom. The van der Waals surface area contributed by atoms with Gasteiger partial charge in [0.05, 0.1) is 17.1 Å². The van der Waals surface area contributed by atoms with Crippen molar-refractivity contribution in [1.82, 2.24) is 9.78 Å². The quantitative estimate of drug-likeness (QED) is 0.874. The average Bonchev–Trinajstić information content (AvgIpc) is 2.62. The molecule has 19 heavy (non-hydrogen) atoms. The van der Waals surface area contributed by atoms with E-state index in [9.17, 15) is 0 Å². The van der Waals surface area contributed by atoms with Gasteiger partial charge in [-0.25, -0.2) is 0 Å². The normalized spacial score (nSPS) is 11.1. The van der Waals surface area contributed by atoms with Crippen molar-refractivity contribution in [2.24, 2.45) is 7.05 Å². The first-order valence-corrected chi connectivity index (χ1v) is 7.11. The summed E-state index contributed by atoms with van der Waals surface area (Å²) >= 11 is 9.48. The molecule has 3 N–H and O–H groups in total. The average molecular weight is 344 g/mol. The van der Waals surface area contributed by atoms with Crippen LogP contribution in [0.2, 0.25) is 5.02 Å². The summed E-state index contributed by atoms with van der Waals surface area (Å²) in [5.74, 6) is 1.05. The van der Waals surface area contributed by atoms with Crippen molar-refractivity contribution >= 4 is 44.7 Å². The van der Waals surface area contributed by atoms with Crippen LogP contribution in [-0.2, 0) is 7.05 Å². The van der Waals surface area contributed by atoms with Gasteiger partial charge >= 0.3 is 0 Å². The number of aryl methyl sites for hydroxylation is 1. The summed E-state index contributed by atoms with van der Waals surface area (Å²) < 4.78 is 2.67. The number of nitrogens with two attached hydrogens (primary N) is 1. The molecule has 0 aliphatic heterocycles. The van der Waals surface area contributed by atoms with E-state index in [1.807, 2.05) is 25.2 Å². The van der Waals surface area contributed by atoms with Crippen LogP contribution in [0.15, 0.2) is 22.7 Å². The second kappa shape index (κ2) is 5.43. The number of rotatable bonds is 3. The first-order valence-electron chi connectivity index (χ1n) is 5.94. The van der Waals surface area contributed by atoms with Crippen LogP contribution < -0.4 is 11.1 Å². The van der Waals surface area contributed by atoms with Gasteiger partial charge in [-0.15, -0.1) is 0 Å². The van der Waals surface area contributed by atoms with Crippen LogP contribution in [-0.4, -0.2) is 9.78 Å². The van der Waals surface area contributed by atoms with E-state index in [2.05, 4.69) is 40.2 Å². The number of benzene rings is 1. The van der Waals surface area contributed by atoms with E-state index in [4.69, 9.17) is 17.3 Å². The molecule has 0 unspecified atom stereocenters. The largest absolute Gasteiger partial charge is 0.394 e. The molecule has 6 heteroatoms. The second-order valence-corrected chi connectivity index (χ2v) is 5.97. The van der Waals surface area contributed by atoms with Crippen LogP contribution in [0.4, 0.5) is 17.2 Å². The number of anilines is 3. The van der Waals surface area contributed by atoms with Gasteiger partial charge in [-0.1, -0.05) is 25.4 Å². The first-order chi connectivity index (χ1) is 8.90. The van der Waals surface area contributed by atoms with Gasteiger partial charge in [0.15, 0.2) is 5.82 Å². The van der Waals surface area contributed by atoms with E-state index in [0.29, 0.717) is 10.7 Å². The zero-order valence-corrected chi connectivity index (χ0v) is 13.4. The monoisotopic (exact) mass is 342 g/mol. The highest BCUT2D eigenvalue weighted by Gasteiger charge is 2.16. The van der Waals surface area contributed by atoms with E-state index >= 15 is 0 Å². The molecule has 2 rings (SSSR count). The topological polar surface area (TPSA) is 55.9 Å². The van der Waals surface area contributed by atoms with Gasteiger partial charge in [0.25, 0.3) is 0 Å². The molecule has 0 radical (unpaired) electrons. The summed E-state index contributed by atoms with van der Waals surface area (Å²) in [6, 6.07) is 5.55. The molecule has 0 atom stereocenters. The summed E-state index contributed by atoms with van der Waals surface area (Å²) in [6.45, 7) is 4.13. The molecule has 0 aliphatic carbocycles. The molecule has 102 valence electrons. The Morgan fingerprint density at radius 2 is 2.11 bits per heavy atom. The van der Waals surface area contributed by atoms with Crippen molar-refractivity contribution in [3.63, 3.8) is 0 Å². The summed E-state index contributed by atoms with van der Waals surface area (Å²) in [5.41, 5.74) is 8.57. The maximum absolute atomic E-state index is 6.15. The fraction of sp³-hybridized carbons (Fsp3) is 0.308. The number of aromatic nitrogens is 2. The van der Waals surface area contributed by atoms with Gasteiger partial charge in [-0.2, -0.15) is 5.10 Å². The Kier molecular flexibility index (Phi) is 4.06. The molecule has 2 aromatic rings. The van der Waals surface area contributed by atoms with Gasteiger partial charge in [0, 0.05) is 16.5 Å². The highest BCUT2D eigenvalue weighted by Crippen LogP contribution is 2.33. The summed E-state index contributed by atoms with van der Waals surface area (Å²) in [4.78, 5) is 0. The molecular formula is C13H16BrClN4. The molecule has 1 aromatic carbocycles. The number of halogens is 2. The molecule has 0 spiro atoms. The molecule has 0 amide bonds. The van der Waals surface area contributed by atoms with Crippen molar-refractivity contribution in [2.45, 2.75) is 19.8 Å². The highest BCUT2D eigenvalue weighted by atomic mass is 79.9. The molecule has 0 bridgehead atoms. The van der Waals surface area contributed by atoms with E-state index in [-0.39, 0.29) is 5.92 Å². The van der Waals surface area contributed by atoms with Gasteiger partial charge in [-0.3, -0.25) is 4.68 Å². The lowest BCUT2D eigenvalue weighted by Gasteiger charge is -2.10. The number of nitrogen functional groups attached to an aromatic ring is 1. The van der Waals surface area contributed by atoms with E-state index in [1.54, 1.807) is 4.68 Å². The van der Waals surface area contributed by atoms with Crippen molar-refractivity contribution in [1.29, 1.82) is 0 Å². The van der Waals surface area contributed by atoms with Crippen molar-refractivity contribution < 1.29 is 0 Å². The minimum absolute atomic E-state index is 0.282. The Bertz CT molecular complexity index is 607. The Morgan fingerprint density at radius 1 is 1.42 bits per heavy atom. The smallest absolute Gasteiger partial charge is 0.152 e. The SMILES string of the molecule is CC(C)c1nn(C)c(Nc2cc(Cl)ccc2Br)c1N. The van der Waals surface area contributed by atoms with Gasteiger partial charge in [0.1, 0.15) is 0 Å². The fourth-order valence-corrected chi connectivity index (χ4v) is 2.37. The van der Waals surface area contributed by atoms with Crippen molar-refractivity contribution in [3.8, 4) is 0 Å². The van der Waals surface area contributed by atoms with Gasteiger partial charge in [0.2, 0.25) is 0 Å². The predicted octanol–water partition coefficient (Wildman–Crippen LogP) is 4.29. The molecular weight excluding hydrogens is 328 g/mol. The molecule has 0 saturated carbocycles.